The minimum absolute atomic E-state index is 0.668. The zero-order chi connectivity index (χ0) is 17.9. The Balaban J connectivity index is 1.72. The lowest BCUT2D eigenvalue weighted by Crippen LogP contribution is -2.36. The molecule has 0 radical (unpaired) electrons. The fourth-order valence-corrected chi connectivity index (χ4v) is 3.27. The average molecular weight is 347 g/mol. The number of ether oxygens (including phenoxy) is 1. The summed E-state index contributed by atoms with van der Waals surface area (Å²) >= 11 is 0. The number of anilines is 3. The quantitative estimate of drug-likeness (QED) is 0.725. The number of nitrogens with zero attached hydrogens (tertiary/aromatic N) is 2. The van der Waals surface area contributed by atoms with Crippen LogP contribution >= 0.6 is 0 Å². The maximum absolute atomic E-state index is 10.8. The van der Waals surface area contributed by atoms with Crippen LogP contribution in [0.3, 0.4) is 0 Å². The van der Waals surface area contributed by atoms with Gasteiger partial charge in [-0.2, -0.15) is 0 Å². The molecule has 0 bridgehead atoms. The molecule has 2 aromatic carbocycles. The first-order chi connectivity index (χ1) is 12.7. The van der Waals surface area contributed by atoms with Gasteiger partial charge in [0, 0.05) is 46.8 Å². The predicted molar refractivity (Wildman–Crippen MR) is 105 cm³/mol. The van der Waals surface area contributed by atoms with Crippen LogP contribution in [0.5, 0.6) is 0 Å². The van der Waals surface area contributed by atoms with E-state index in [4.69, 9.17) is 4.74 Å². The summed E-state index contributed by atoms with van der Waals surface area (Å²) in [6, 6.07) is 15.9. The number of hydrogen-bond acceptors (Lipinski definition) is 5. The smallest absolute Gasteiger partial charge is 0.150 e. The molecule has 0 aliphatic carbocycles. The lowest BCUT2D eigenvalue weighted by molar-refractivity contribution is 0.112. The van der Waals surface area contributed by atoms with Gasteiger partial charge in [0.25, 0.3) is 0 Å². The lowest BCUT2D eigenvalue weighted by Gasteiger charge is -2.29. The second-order valence-corrected chi connectivity index (χ2v) is 6.48. The van der Waals surface area contributed by atoms with Crippen molar-refractivity contribution in [1.29, 1.82) is 0 Å². The van der Waals surface area contributed by atoms with Gasteiger partial charge in [-0.1, -0.05) is 0 Å². The topological polar surface area (TPSA) is 54.5 Å². The van der Waals surface area contributed by atoms with Gasteiger partial charge in [-0.15, -0.1) is 0 Å². The maximum atomic E-state index is 10.8. The average Bonchev–Trinajstić information content (AvgIpc) is 2.69. The summed E-state index contributed by atoms with van der Waals surface area (Å²) in [6.07, 6.45) is 0.852. The molecule has 1 aliphatic heterocycles. The predicted octanol–water partition coefficient (Wildman–Crippen LogP) is 3.94. The van der Waals surface area contributed by atoms with Crippen molar-refractivity contribution in [2.45, 2.75) is 6.92 Å². The van der Waals surface area contributed by atoms with E-state index in [-0.39, 0.29) is 0 Å². The van der Waals surface area contributed by atoms with Gasteiger partial charge in [0.2, 0.25) is 0 Å². The summed E-state index contributed by atoms with van der Waals surface area (Å²) in [5, 5.41) is 4.55. The number of fused-ring (bicyclic) bond motifs is 1. The molecule has 26 heavy (non-hydrogen) atoms. The van der Waals surface area contributed by atoms with E-state index in [0.29, 0.717) is 5.56 Å². The summed E-state index contributed by atoms with van der Waals surface area (Å²) in [6.45, 7) is 5.33. The summed E-state index contributed by atoms with van der Waals surface area (Å²) in [4.78, 5) is 17.8. The second kappa shape index (κ2) is 7.14. The zero-order valence-electron chi connectivity index (χ0n) is 14.7. The number of benzene rings is 2. The van der Waals surface area contributed by atoms with Crippen molar-refractivity contribution < 1.29 is 9.53 Å². The highest BCUT2D eigenvalue weighted by molar-refractivity contribution is 5.95. The van der Waals surface area contributed by atoms with Crippen LogP contribution in [0, 0.1) is 6.92 Å². The van der Waals surface area contributed by atoms with Gasteiger partial charge in [0.15, 0.2) is 0 Å². The van der Waals surface area contributed by atoms with E-state index in [1.807, 2.05) is 31.2 Å². The van der Waals surface area contributed by atoms with E-state index in [1.54, 1.807) is 0 Å². The molecule has 5 nitrogen and oxygen atoms in total. The van der Waals surface area contributed by atoms with Crippen molar-refractivity contribution in [3.8, 4) is 0 Å². The standard InChI is InChI=1S/C21H21N3O2/c1-15-12-21(23-17-4-2-16(14-25)3-5-17)19-13-18(6-7-20(19)22-15)24-8-10-26-11-9-24/h2-7,12-14H,8-11H2,1H3,(H,22,23). The van der Waals surface area contributed by atoms with Crippen LogP contribution in [0.15, 0.2) is 48.5 Å². The summed E-state index contributed by atoms with van der Waals surface area (Å²) in [5.41, 5.74) is 5.74. The number of aromatic nitrogens is 1. The van der Waals surface area contributed by atoms with Crippen molar-refractivity contribution in [3.63, 3.8) is 0 Å². The monoisotopic (exact) mass is 347 g/mol. The van der Waals surface area contributed by atoms with Crippen molar-refractivity contribution in [2.24, 2.45) is 0 Å². The van der Waals surface area contributed by atoms with Crippen molar-refractivity contribution in [1.82, 2.24) is 4.98 Å². The van der Waals surface area contributed by atoms with Gasteiger partial charge in [-0.05, 0) is 55.5 Å². The zero-order valence-corrected chi connectivity index (χ0v) is 14.7. The van der Waals surface area contributed by atoms with E-state index >= 15 is 0 Å². The Morgan fingerprint density at radius 1 is 1.08 bits per heavy atom. The summed E-state index contributed by atoms with van der Waals surface area (Å²) in [5.74, 6) is 0. The number of nitrogens with one attached hydrogen (secondary N) is 1. The molecule has 1 saturated heterocycles. The number of morpholine rings is 1. The molecule has 2 heterocycles. The van der Waals surface area contributed by atoms with E-state index in [1.165, 1.54) is 5.69 Å². The fourth-order valence-electron chi connectivity index (χ4n) is 3.27. The van der Waals surface area contributed by atoms with E-state index < -0.39 is 0 Å². The van der Waals surface area contributed by atoms with Gasteiger partial charge >= 0.3 is 0 Å². The Morgan fingerprint density at radius 3 is 2.58 bits per heavy atom. The molecule has 1 aromatic heterocycles. The largest absolute Gasteiger partial charge is 0.378 e. The molecule has 0 amide bonds. The minimum Gasteiger partial charge on any atom is -0.378 e. The molecule has 0 spiro atoms. The first-order valence-corrected chi connectivity index (χ1v) is 8.79. The van der Waals surface area contributed by atoms with Crippen LogP contribution in [0.25, 0.3) is 10.9 Å². The number of pyridine rings is 1. The van der Waals surface area contributed by atoms with Crippen LogP contribution in [0.2, 0.25) is 0 Å². The van der Waals surface area contributed by atoms with Gasteiger partial charge in [0.1, 0.15) is 6.29 Å². The highest BCUT2D eigenvalue weighted by Gasteiger charge is 2.13. The SMILES string of the molecule is Cc1cc(Nc2ccc(C=O)cc2)c2cc(N3CCOCC3)ccc2n1. The van der Waals surface area contributed by atoms with E-state index in [0.717, 1.165) is 60.6 Å². The molecular formula is C21H21N3O2. The van der Waals surface area contributed by atoms with E-state index in [2.05, 4.69) is 39.5 Å². The highest BCUT2D eigenvalue weighted by Crippen LogP contribution is 2.30. The number of aldehydes is 1. The molecule has 1 aliphatic rings. The Morgan fingerprint density at radius 2 is 1.85 bits per heavy atom. The van der Waals surface area contributed by atoms with Gasteiger partial charge in [-0.25, -0.2) is 0 Å². The third-order valence-corrected chi connectivity index (χ3v) is 4.62. The van der Waals surface area contributed by atoms with Crippen LogP contribution in [-0.4, -0.2) is 37.6 Å². The Bertz CT molecular complexity index is 932. The maximum Gasteiger partial charge on any atom is 0.150 e. The van der Waals surface area contributed by atoms with Crippen LogP contribution in [-0.2, 0) is 4.74 Å². The number of carbonyl (C=O) groups is 1. The fraction of sp³-hybridized carbons (Fsp3) is 0.238. The van der Waals surface area contributed by atoms with Crippen molar-refractivity contribution >= 4 is 34.3 Å². The summed E-state index contributed by atoms with van der Waals surface area (Å²) in [7, 11) is 0. The van der Waals surface area contributed by atoms with Crippen molar-refractivity contribution in [3.05, 3.63) is 59.8 Å². The summed E-state index contributed by atoms with van der Waals surface area (Å²) < 4.78 is 5.45. The number of aryl methyl sites for hydroxylation is 1. The Hall–Kier alpha value is -2.92. The second-order valence-electron chi connectivity index (χ2n) is 6.48. The van der Waals surface area contributed by atoms with Crippen LogP contribution in [0.4, 0.5) is 17.1 Å². The molecule has 1 N–H and O–H groups in total. The number of carbonyl (C=O) groups excluding carboxylic acids is 1. The first-order valence-electron chi connectivity index (χ1n) is 8.79. The molecule has 5 heteroatoms. The van der Waals surface area contributed by atoms with E-state index in [9.17, 15) is 4.79 Å². The van der Waals surface area contributed by atoms with Gasteiger partial charge < -0.3 is 15.0 Å². The minimum atomic E-state index is 0.668. The number of hydrogen-bond donors (Lipinski definition) is 1. The van der Waals surface area contributed by atoms with Crippen LogP contribution in [0.1, 0.15) is 16.1 Å². The molecule has 4 rings (SSSR count). The third kappa shape index (κ3) is 3.39. The van der Waals surface area contributed by atoms with Gasteiger partial charge in [0.05, 0.1) is 18.7 Å². The molecule has 3 aromatic rings. The third-order valence-electron chi connectivity index (χ3n) is 4.62. The first kappa shape index (κ1) is 16.5. The van der Waals surface area contributed by atoms with Gasteiger partial charge in [-0.3, -0.25) is 9.78 Å². The molecule has 0 saturated carbocycles. The highest BCUT2D eigenvalue weighted by atomic mass is 16.5. The lowest BCUT2D eigenvalue weighted by atomic mass is 10.1. The van der Waals surface area contributed by atoms with Crippen molar-refractivity contribution in [2.75, 3.05) is 36.5 Å². The molecule has 0 atom stereocenters. The molecule has 132 valence electrons. The number of rotatable bonds is 4. The Kier molecular flexibility index (Phi) is 4.54. The van der Waals surface area contributed by atoms with Crippen LogP contribution < -0.4 is 10.2 Å². The molecule has 1 fully saturated rings. The molecule has 0 unspecified atom stereocenters. The molecular weight excluding hydrogens is 326 g/mol. The Labute approximate surface area is 152 Å². The normalized spacial score (nSPS) is 14.4.